The Labute approximate surface area is 154 Å². The lowest BCUT2D eigenvalue weighted by Gasteiger charge is -2.19. The number of rotatable bonds is 4. The summed E-state index contributed by atoms with van der Waals surface area (Å²) in [5.74, 6) is -0.139. The zero-order chi connectivity index (χ0) is 19.2. The summed E-state index contributed by atoms with van der Waals surface area (Å²) in [7, 11) is 1.57. The van der Waals surface area contributed by atoms with Gasteiger partial charge in [0.25, 0.3) is 11.8 Å². The van der Waals surface area contributed by atoms with Gasteiger partial charge in [-0.3, -0.25) is 20.4 Å². The van der Waals surface area contributed by atoms with Crippen molar-refractivity contribution in [3.8, 4) is 5.75 Å². The molecule has 0 bridgehead atoms. The van der Waals surface area contributed by atoms with Crippen LogP contribution in [0.4, 0.5) is 0 Å². The molecule has 5 heteroatoms. The Kier molecular flexibility index (Phi) is 6.17. The fraction of sp³-hybridized carbons (Fsp3) is 0.238. The fourth-order valence-electron chi connectivity index (χ4n) is 2.32. The van der Waals surface area contributed by atoms with Crippen LogP contribution in [0.5, 0.6) is 5.75 Å². The molecule has 136 valence electrons. The Morgan fingerprint density at radius 3 is 2.23 bits per heavy atom. The zero-order valence-electron chi connectivity index (χ0n) is 15.5. The third-order valence-electron chi connectivity index (χ3n) is 3.87. The summed E-state index contributed by atoms with van der Waals surface area (Å²) < 4.78 is 5.21. The molecule has 0 aliphatic carbocycles. The molecule has 2 aromatic rings. The second-order valence-electron chi connectivity index (χ2n) is 6.85. The van der Waals surface area contributed by atoms with Crippen molar-refractivity contribution in [3.63, 3.8) is 0 Å². The summed E-state index contributed by atoms with van der Waals surface area (Å²) in [6.45, 7) is 6.32. The van der Waals surface area contributed by atoms with Crippen LogP contribution in [0.3, 0.4) is 0 Å². The predicted molar refractivity (Wildman–Crippen MR) is 103 cm³/mol. The highest BCUT2D eigenvalue weighted by Crippen LogP contribution is 2.22. The number of hydrazine groups is 1. The molecule has 2 aromatic carbocycles. The molecule has 0 radical (unpaired) electrons. The molecule has 2 rings (SSSR count). The van der Waals surface area contributed by atoms with Crippen LogP contribution in [0, 0.1) is 0 Å². The van der Waals surface area contributed by atoms with Gasteiger partial charge >= 0.3 is 0 Å². The van der Waals surface area contributed by atoms with Crippen LogP contribution < -0.4 is 15.6 Å². The number of amides is 2. The average Bonchev–Trinajstić information content (AvgIpc) is 2.64. The summed E-state index contributed by atoms with van der Waals surface area (Å²) >= 11 is 0. The molecule has 0 aliphatic heterocycles. The van der Waals surface area contributed by atoms with Crippen molar-refractivity contribution in [3.05, 3.63) is 71.3 Å². The normalized spacial score (nSPS) is 11.2. The summed E-state index contributed by atoms with van der Waals surface area (Å²) in [5, 5.41) is 0. The molecular weight excluding hydrogens is 328 g/mol. The first-order valence-corrected chi connectivity index (χ1v) is 8.33. The van der Waals surface area contributed by atoms with Crippen LogP contribution in [0.2, 0.25) is 0 Å². The van der Waals surface area contributed by atoms with E-state index in [0.717, 1.165) is 11.1 Å². The van der Waals surface area contributed by atoms with E-state index in [1.807, 2.05) is 30.3 Å². The summed E-state index contributed by atoms with van der Waals surface area (Å²) in [6, 6.07) is 14.7. The van der Waals surface area contributed by atoms with Gasteiger partial charge in [-0.1, -0.05) is 51.1 Å². The third-order valence-corrected chi connectivity index (χ3v) is 3.87. The molecule has 0 heterocycles. The summed E-state index contributed by atoms with van der Waals surface area (Å²) in [5.41, 5.74) is 7.18. The number of methoxy groups -OCH3 is 1. The minimum atomic E-state index is -0.435. The second-order valence-corrected chi connectivity index (χ2v) is 6.85. The highest BCUT2D eigenvalue weighted by Gasteiger charge is 2.14. The molecular formula is C21H24N2O3. The largest absolute Gasteiger partial charge is 0.496 e. The van der Waals surface area contributed by atoms with E-state index >= 15 is 0 Å². The third kappa shape index (κ3) is 5.21. The highest BCUT2D eigenvalue weighted by molar-refractivity contribution is 5.98. The molecule has 0 aromatic heterocycles. The van der Waals surface area contributed by atoms with Crippen molar-refractivity contribution in [2.24, 2.45) is 0 Å². The monoisotopic (exact) mass is 352 g/mol. The molecule has 0 saturated heterocycles. The maximum Gasteiger partial charge on any atom is 0.269 e. The van der Waals surface area contributed by atoms with Gasteiger partial charge in [0.15, 0.2) is 0 Å². The van der Waals surface area contributed by atoms with Gasteiger partial charge in [-0.2, -0.15) is 0 Å². The molecule has 2 N–H and O–H groups in total. The molecule has 0 aliphatic rings. The van der Waals surface area contributed by atoms with Crippen molar-refractivity contribution in [2.75, 3.05) is 7.11 Å². The van der Waals surface area contributed by atoms with E-state index in [0.29, 0.717) is 11.3 Å². The number of nitrogens with one attached hydrogen (secondary N) is 2. The molecule has 0 fully saturated rings. The van der Waals surface area contributed by atoms with Crippen molar-refractivity contribution >= 4 is 17.9 Å². The van der Waals surface area contributed by atoms with Crippen molar-refractivity contribution in [1.29, 1.82) is 0 Å². The number of carbonyl (C=O) groups excluding carboxylic acids is 2. The van der Waals surface area contributed by atoms with Gasteiger partial charge in [0, 0.05) is 17.2 Å². The Hall–Kier alpha value is -3.08. The van der Waals surface area contributed by atoms with Crippen LogP contribution >= 0.6 is 0 Å². The lowest BCUT2D eigenvalue weighted by atomic mass is 9.87. The predicted octanol–water partition coefficient (Wildman–Crippen LogP) is 3.47. The zero-order valence-corrected chi connectivity index (χ0v) is 15.5. The van der Waals surface area contributed by atoms with Crippen LogP contribution in [0.15, 0.2) is 54.6 Å². The van der Waals surface area contributed by atoms with Crippen molar-refractivity contribution < 1.29 is 14.3 Å². The Morgan fingerprint density at radius 2 is 1.62 bits per heavy atom. The van der Waals surface area contributed by atoms with E-state index in [-0.39, 0.29) is 11.3 Å². The minimum absolute atomic E-state index is 0.0203. The quantitative estimate of drug-likeness (QED) is 0.654. The lowest BCUT2D eigenvalue weighted by molar-refractivity contribution is -0.117. The van der Waals surface area contributed by atoms with E-state index in [1.54, 1.807) is 31.4 Å². The van der Waals surface area contributed by atoms with Crippen LogP contribution in [0.1, 0.15) is 42.3 Å². The second kappa shape index (κ2) is 8.34. The number of hydrogen-bond acceptors (Lipinski definition) is 3. The maximum atomic E-state index is 12.1. The van der Waals surface area contributed by atoms with Crippen LogP contribution in [0.25, 0.3) is 6.08 Å². The van der Waals surface area contributed by atoms with E-state index in [4.69, 9.17) is 4.74 Å². The summed E-state index contributed by atoms with van der Waals surface area (Å²) in [6.07, 6.45) is 2.96. The van der Waals surface area contributed by atoms with Gasteiger partial charge in [0.05, 0.1) is 7.11 Å². The number of benzene rings is 2. The molecule has 26 heavy (non-hydrogen) atoms. The molecule has 0 spiro atoms. The number of ether oxygens (including phenoxy) is 1. The van der Waals surface area contributed by atoms with Gasteiger partial charge in [-0.15, -0.1) is 0 Å². The van der Waals surface area contributed by atoms with E-state index in [2.05, 4.69) is 31.6 Å². The van der Waals surface area contributed by atoms with Crippen molar-refractivity contribution in [2.45, 2.75) is 26.2 Å². The Bertz CT molecular complexity index is 803. The number of carbonyl (C=O) groups is 2. The van der Waals surface area contributed by atoms with E-state index in [9.17, 15) is 9.59 Å². The SMILES string of the molecule is COc1ccccc1/C=C/C(=O)NNC(=O)c1ccc(C(C)(C)C)cc1. The van der Waals surface area contributed by atoms with Crippen LogP contribution in [-0.2, 0) is 10.2 Å². The smallest absolute Gasteiger partial charge is 0.269 e. The number of para-hydroxylation sites is 1. The highest BCUT2D eigenvalue weighted by atomic mass is 16.5. The standard InChI is InChI=1S/C21H24N2O3/c1-21(2,3)17-12-9-16(10-13-17)20(25)23-22-19(24)14-11-15-7-5-6-8-18(15)26-4/h5-14H,1-4H3,(H,22,24)(H,23,25)/b14-11+. The van der Waals surface area contributed by atoms with E-state index in [1.165, 1.54) is 6.08 Å². The van der Waals surface area contributed by atoms with Crippen molar-refractivity contribution in [1.82, 2.24) is 10.9 Å². The maximum absolute atomic E-state index is 12.1. The van der Waals surface area contributed by atoms with Gasteiger partial charge in [-0.25, -0.2) is 0 Å². The molecule has 0 saturated carbocycles. The average molecular weight is 352 g/mol. The molecule has 5 nitrogen and oxygen atoms in total. The summed E-state index contributed by atoms with van der Waals surface area (Å²) in [4.78, 5) is 24.0. The lowest BCUT2D eigenvalue weighted by Crippen LogP contribution is -2.40. The van der Waals surface area contributed by atoms with E-state index < -0.39 is 5.91 Å². The van der Waals surface area contributed by atoms with Gasteiger partial charge < -0.3 is 4.74 Å². The molecule has 2 amide bonds. The van der Waals surface area contributed by atoms with Crippen LogP contribution in [-0.4, -0.2) is 18.9 Å². The van der Waals surface area contributed by atoms with Gasteiger partial charge in [0.1, 0.15) is 5.75 Å². The minimum Gasteiger partial charge on any atom is -0.496 e. The van der Waals surface area contributed by atoms with Gasteiger partial charge in [0.2, 0.25) is 0 Å². The first kappa shape index (κ1) is 19.2. The Morgan fingerprint density at radius 1 is 0.962 bits per heavy atom. The Balaban J connectivity index is 1.92. The van der Waals surface area contributed by atoms with Gasteiger partial charge in [-0.05, 0) is 35.3 Å². The topological polar surface area (TPSA) is 67.4 Å². The first-order chi connectivity index (χ1) is 12.3. The molecule has 0 unspecified atom stereocenters. The fourth-order valence-corrected chi connectivity index (χ4v) is 2.32. The molecule has 0 atom stereocenters. The first-order valence-electron chi connectivity index (χ1n) is 8.33. The number of hydrogen-bond donors (Lipinski definition) is 2.